The number of ether oxygens (including phenoxy) is 2. The summed E-state index contributed by atoms with van der Waals surface area (Å²) in [6.45, 7) is 1.65. The van der Waals surface area contributed by atoms with Crippen molar-refractivity contribution in [3.05, 3.63) is 42.0 Å². The van der Waals surface area contributed by atoms with E-state index in [4.69, 9.17) is 9.47 Å². The van der Waals surface area contributed by atoms with Crippen LogP contribution in [0.5, 0.6) is 5.75 Å². The van der Waals surface area contributed by atoms with Gasteiger partial charge in [-0.2, -0.15) is 0 Å². The van der Waals surface area contributed by atoms with Crippen molar-refractivity contribution in [2.45, 2.75) is 13.2 Å². The van der Waals surface area contributed by atoms with Crippen LogP contribution < -0.4 is 0 Å². The van der Waals surface area contributed by atoms with E-state index < -0.39 is 12.3 Å². The summed E-state index contributed by atoms with van der Waals surface area (Å²) in [5.41, 5.74) is 0.456. The van der Waals surface area contributed by atoms with Crippen molar-refractivity contribution in [2.75, 3.05) is 7.11 Å². The molecule has 18 heavy (non-hydrogen) atoms. The van der Waals surface area contributed by atoms with Gasteiger partial charge in [-0.3, -0.25) is 0 Å². The molecule has 0 aliphatic heterocycles. The molecule has 0 fully saturated rings. The van der Waals surface area contributed by atoms with Crippen LogP contribution in [0.15, 0.2) is 36.4 Å². The van der Waals surface area contributed by atoms with Crippen molar-refractivity contribution in [3.63, 3.8) is 0 Å². The Hall–Kier alpha value is -2.07. The number of hydrogen-bond acceptors (Lipinski definition) is 4. The predicted octanol–water partition coefficient (Wildman–Crippen LogP) is 2.69. The molecule has 0 bridgehead atoms. The Labute approximate surface area is 105 Å². The zero-order chi connectivity index (χ0) is 13.1. The van der Waals surface area contributed by atoms with Crippen molar-refractivity contribution < 1.29 is 19.4 Å². The zero-order valence-electron chi connectivity index (χ0n) is 10.2. The fraction of sp³-hybridized carbons (Fsp3) is 0.214. The molecule has 4 heteroatoms. The molecule has 2 rings (SSSR count). The lowest BCUT2D eigenvalue weighted by molar-refractivity contribution is -0.0773. The van der Waals surface area contributed by atoms with Crippen LogP contribution in [0.4, 0.5) is 0 Å². The number of fused-ring (bicyclic) bond motifs is 1. The lowest BCUT2D eigenvalue weighted by Crippen LogP contribution is -2.16. The van der Waals surface area contributed by atoms with Crippen LogP contribution in [0.3, 0.4) is 0 Å². The number of methoxy groups -OCH3 is 1. The fourth-order valence-corrected chi connectivity index (χ4v) is 1.63. The minimum Gasteiger partial charge on any atom is -0.508 e. The molecule has 0 heterocycles. The Morgan fingerprint density at radius 1 is 1.17 bits per heavy atom. The molecule has 0 radical (unpaired) electrons. The number of benzene rings is 2. The topological polar surface area (TPSA) is 55.8 Å². The molecule has 2 aromatic rings. The Morgan fingerprint density at radius 3 is 2.56 bits per heavy atom. The van der Waals surface area contributed by atoms with Gasteiger partial charge in [0.05, 0.1) is 5.56 Å². The monoisotopic (exact) mass is 246 g/mol. The number of phenols is 1. The summed E-state index contributed by atoms with van der Waals surface area (Å²) in [6, 6.07) is 10.1. The average molecular weight is 246 g/mol. The molecular formula is C14H14O4. The van der Waals surface area contributed by atoms with Crippen LogP contribution in [-0.2, 0) is 9.47 Å². The first-order valence-electron chi connectivity index (χ1n) is 5.56. The molecule has 0 aromatic heterocycles. The van der Waals surface area contributed by atoms with Crippen molar-refractivity contribution in [1.29, 1.82) is 0 Å². The van der Waals surface area contributed by atoms with Gasteiger partial charge in [0.15, 0.2) is 6.29 Å². The Bertz CT molecular complexity index is 577. The molecule has 0 aliphatic rings. The van der Waals surface area contributed by atoms with Crippen LogP contribution in [-0.4, -0.2) is 24.5 Å². The van der Waals surface area contributed by atoms with Crippen LogP contribution in [0, 0.1) is 0 Å². The first kappa shape index (κ1) is 12.4. The van der Waals surface area contributed by atoms with E-state index in [0.29, 0.717) is 5.56 Å². The highest BCUT2D eigenvalue weighted by Crippen LogP contribution is 2.21. The highest BCUT2D eigenvalue weighted by atomic mass is 16.7. The third-order valence-corrected chi connectivity index (χ3v) is 2.66. The smallest absolute Gasteiger partial charge is 0.340 e. The highest BCUT2D eigenvalue weighted by Gasteiger charge is 2.11. The molecule has 0 aliphatic carbocycles. The van der Waals surface area contributed by atoms with Crippen molar-refractivity contribution >= 4 is 16.7 Å². The quantitative estimate of drug-likeness (QED) is 0.668. The maximum absolute atomic E-state index is 11.8. The molecule has 0 amide bonds. The summed E-state index contributed by atoms with van der Waals surface area (Å²) in [4.78, 5) is 11.8. The third-order valence-electron chi connectivity index (χ3n) is 2.66. The van der Waals surface area contributed by atoms with Gasteiger partial charge in [-0.25, -0.2) is 4.79 Å². The summed E-state index contributed by atoms with van der Waals surface area (Å²) in [5.74, 6) is -0.231. The van der Waals surface area contributed by atoms with Gasteiger partial charge in [-0.05, 0) is 42.0 Å². The summed E-state index contributed by atoms with van der Waals surface area (Å²) in [6.07, 6.45) is -0.576. The summed E-state index contributed by atoms with van der Waals surface area (Å²) < 4.78 is 9.92. The van der Waals surface area contributed by atoms with E-state index in [0.717, 1.165) is 10.8 Å². The molecule has 0 saturated carbocycles. The minimum atomic E-state index is -0.576. The van der Waals surface area contributed by atoms with Crippen LogP contribution in [0.2, 0.25) is 0 Å². The number of phenolic OH excluding ortho intramolecular Hbond substituents is 1. The van der Waals surface area contributed by atoms with E-state index in [9.17, 15) is 9.90 Å². The number of rotatable bonds is 3. The fourth-order valence-electron chi connectivity index (χ4n) is 1.63. The summed E-state index contributed by atoms with van der Waals surface area (Å²) >= 11 is 0. The minimum absolute atomic E-state index is 0.200. The van der Waals surface area contributed by atoms with Crippen LogP contribution in [0.25, 0.3) is 10.8 Å². The Balaban J connectivity index is 2.30. The van der Waals surface area contributed by atoms with E-state index in [-0.39, 0.29) is 5.75 Å². The lowest BCUT2D eigenvalue weighted by atomic mass is 10.1. The van der Waals surface area contributed by atoms with Gasteiger partial charge in [0.1, 0.15) is 5.75 Å². The van der Waals surface area contributed by atoms with E-state index in [1.165, 1.54) is 7.11 Å². The van der Waals surface area contributed by atoms with E-state index in [2.05, 4.69) is 0 Å². The molecule has 1 unspecified atom stereocenters. The first-order chi connectivity index (χ1) is 8.60. The van der Waals surface area contributed by atoms with Gasteiger partial charge in [0.2, 0.25) is 0 Å². The molecule has 1 atom stereocenters. The Kier molecular flexibility index (Phi) is 3.48. The summed E-state index contributed by atoms with van der Waals surface area (Å²) in [5, 5.41) is 11.1. The van der Waals surface area contributed by atoms with Gasteiger partial charge >= 0.3 is 5.97 Å². The molecule has 4 nitrogen and oxygen atoms in total. The maximum atomic E-state index is 11.8. The zero-order valence-corrected chi connectivity index (χ0v) is 10.2. The molecule has 2 aromatic carbocycles. The molecule has 94 valence electrons. The average Bonchev–Trinajstić information content (AvgIpc) is 2.37. The van der Waals surface area contributed by atoms with Gasteiger partial charge in [-0.15, -0.1) is 0 Å². The van der Waals surface area contributed by atoms with Gasteiger partial charge in [-0.1, -0.05) is 12.1 Å². The first-order valence-corrected chi connectivity index (χ1v) is 5.56. The molecular weight excluding hydrogens is 232 g/mol. The standard InChI is InChI=1S/C14H14O4/c1-9(17-2)18-14(16)12-4-3-11-8-13(15)6-5-10(11)7-12/h3-9,15H,1-2H3. The molecule has 0 saturated heterocycles. The number of carbonyl (C=O) groups is 1. The number of carbonyl (C=O) groups excluding carboxylic acids is 1. The lowest BCUT2D eigenvalue weighted by Gasteiger charge is -2.11. The summed E-state index contributed by atoms with van der Waals surface area (Å²) in [7, 11) is 1.47. The van der Waals surface area contributed by atoms with E-state index in [1.54, 1.807) is 43.3 Å². The number of esters is 1. The van der Waals surface area contributed by atoms with Crippen molar-refractivity contribution in [3.8, 4) is 5.75 Å². The van der Waals surface area contributed by atoms with Gasteiger partial charge in [0.25, 0.3) is 0 Å². The van der Waals surface area contributed by atoms with Crippen LogP contribution in [0.1, 0.15) is 17.3 Å². The number of aromatic hydroxyl groups is 1. The second kappa shape index (κ2) is 5.06. The largest absolute Gasteiger partial charge is 0.508 e. The van der Waals surface area contributed by atoms with E-state index in [1.807, 2.05) is 0 Å². The number of hydrogen-bond donors (Lipinski definition) is 1. The van der Waals surface area contributed by atoms with Crippen molar-refractivity contribution in [2.24, 2.45) is 0 Å². The third kappa shape index (κ3) is 2.60. The predicted molar refractivity (Wildman–Crippen MR) is 67.5 cm³/mol. The normalized spacial score (nSPS) is 12.3. The molecule has 0 spiro atoms. The van der Waals surface area contributed by atoms with Gasteiger partial charge in [0, 0.05) is 7.11 Å². The highest BCUT2D eigenvalue weighted by molar-refractivity contribution is 5.95. The SMILES string of the molecule is COC(C)OC(=O)c1ccc2cc(O)ccc2c1. The maximum Gasteiger partial charge on any atom is 0.340 e. The molecule has 1 N–H and O–H groups in total. The van der Waals surface area contributed by atoms with Crippen molar-refractivity contribution in [1.82, 2.24) is 0 Å². The second-order valence-electron chi connectivity index (χ2n) is 3.95. The van der Waals surface area contributed by atoms with E-state index >= 15 is 0 Å². The second-order valence-corrected chi connectivity index (χ2v) is 3.95. The van der Waals surface area contributed by atoms with Crippen LogP contribution >= 0.6 is 0 Å². The Morgan fingerprint density at radius 2 is 1.83 bits per heavy atom. The van der Waals surface area contributed by atoms with Gasteiger partial charge < -0.3 is 14.6 Å².